The smallest absolute Gasteiger partial charge is 0.387 e. The highest BCUT2D eigenvalue weighted by Gasteiger charge is 2.44. The molecule has 0 amide bonds. The summed E-state index contributed by atoms with van der Waals surface area (Å²) in [6.45, 7) is -0.567. The van der Waals surface area contributed by atoms with Crippen LogP contribution < -0.4 is 0 Å². The number of ether oxygens (including phenoxy) is 1. The van der Waals surface area contributed by atoms with Gasteiger partial charge in [-0.3, -0.25) is 9.09 Å². The van der Waals surface area contributed by atoms with Crippen LogP contribution in [0.3, 0.4) is 0 Å². The molecule has 1 saturated heterocycles. The third-order valence-corrected chi connectivity index (χ3v) is 3.76. The molecular weight excluding hydrogens is 319 g/mol. The fourth-order valence-corrected chi connectivity index (χ4v) is 2.59. The molecule has 0 unspecified atom stereocenters. The van der Waals surface area contributed by atoms with E-state index in [0.717, 1.165) is 0 Å². The lowest BCUT2D eigenvalue weighted by atomic mass is 10.1. The highest BCUT2D eigenvalue weighted by Crippen LogP contribution is 2.38. The van der Waals surface area contributed by atoms with Crippen molar-refractivity contribution in [2.24, 2.45) is 0 Å². The minimum atomic E-state index is -4.70. The minimum absolute atomic E-state index is 0.384. The first-order chi connectivity index (χ1) is 10.4. The third-order valence-electron chi connectivity index (χ3n) is 3.27. The maximum atomic E-state index is 10.7. The number of aliphatic hydroxyl groups excluding tert-OH is 2. The van der Waals surface area contributed by atoms with Crippen LogP contribution in [0.5, 0.6) is 0 Å². The van der Waals surface area contributed by atoms with Crippen LogP contribution in [-0.2, 0) is 13.8 Å². The van der Waals surface area contributed by atoms with Crippen molar-refractivity contribution in [3.63, 3.8) is 0 Å². The average molecular weight is 332 g/mol. The highest BCUT2D eigenvalue weighted by atomic mass is 31.2. The Morgan fingerprint density at radius 3 is 2.82 bits per heavy atom. The maximum Gasteiger partial charge on any atom is 0.469 e. The van der Waals surface area contributed by atoms with E-state index in [2.05, 4.69) is 19.5 Å². The van der Waals surface area contributed by atoms with Gasteiger partial charge in [-0.2, -0.15) is 0 Å². The topological polar surface area (TPSA) is 160 Å². The summed E-state index contributed by atoms with van der Waals surface area (Å²) in [6.07, 6.45) is -0.659. The summed E-state index contributed by atoms with van der Waals surface area (Å²) in [5.74, 6) is 0. The predicted molar refractivity (Wildman–Crippen MR) is 69.2 cm³/mol. The van der Waals surface area contributed by atoms with Gasteiger partial charge < -0.3 is 24.7 Å². The van der Waals surface area contributed by atoms with Crippen molar-refractivity contribution < 1.29 is 33.8 Å². The van der Waals surface area contributed by atoms with Crippen LogP contribution in [0.25, 0.3) is 11.2 Å². The van der Waals surface area contributed by atoms with Crippen LogP contribution in [0.2, 0.25) is 0 Å². The van der Waals surface area contributed by atoms with Gasteiger partial charge in [0.2, 0.25) is 0 Å². The first kappa shape index (κ1) is 15.4. The van der Waals surface area contributed by atoms with Crippen molar-refractivity contribution >= 4 is 19.0 Å². The first-order valence-corrected chi connectivity index (χ1v) is 7.74. The number of fused-ring (bicyclic) bond motifs is 1. The molecule has 3 heterocycles. The van der Waals surface area contributed by atoms with E-state index in [1.165, 1.54) is 23.4 Å². The summed E-state index contributed by atoms with van der Waals surface area (Å²) in [7, 11) is -4.70. The van der Waals surface area contributed by atoms with Gasteiger partial charge in [-0.15, -0.1) is 0 Å². The lowest BCUT2D eigenvalue weighted by molar-refractivity contribution is -0.0501. The molecule has 4 atom stereocenters. The van der Waals surface area contributed by atoms with Crippen LogP contribution >= 0.6 is 7.82 Å². The van der Waals surface area contributed by atoms with Gasteiger partial charge in [-0.25, -0.2) is 19.5 Å². The van der Waals surface area contributed by atoms with Crippen molar-refractivity contribution in [2.75, 3.05) is 6.61 Å². The lowest BCUT2D eigenvalue weighted by Crippen LogP contribution is -2.33. The predicted octanol–water partition coefficient (Wildman–Crippen LogP) is -1.45. The zero-order valence-corrected chi connectivity index (χ0v) is 11.9. The highest BCUT2D eigenvalue weighted by molar-refractivity contribution is 7.46. The first-order valence-electron chi connectivity index (χ1n) is 6.21. The van der Waals surface area contributed by atoms with Crippen LogP contribution in [0.4, 0.5) is 0 Å². The largest absolute Gasteiger partial charge is 0.469 e. The van der Waals surface area contributed by atoms with Gasteiger partial charge in [-0.1, -0.05) is 0 Å². The molecule has 0 radical (unpaired) electrons. The van der Waals surface area contributed by atoms with Crippen LogP contribution in [0.1, 0.15) is 6.23 Å². The molecule has 120 valence electrons. The van der Waals surface area contributed by atoms with Crippen molar-refractivity contribution in [2.45, 2.75) is 24.5 Å². The SMILES string of the molecule is O=P(O)(O)OC[C@H]1O[C@H](n2cnc3ncncc32)[C@H](O)[C@@H]1O. The molecule has 1 aliphatic heterocycles. The second kappa shape index (κ2) is 5.63. The van der Waals surface area contributed by atoms with E-state index in [4.69, 9.17) is 14.5 Å². The number of hydrogen-bond acceptors (Lipinski definition) is 8. The molecule has 1 fully saturated rings. The summed E-state index contributed by atoms with van der Waals surface area (Å²) in [4.78, 5) is 29.2. The van der Waals surface area contributed by atoms with Gasteiger partial charge in [0.05, 0.1) is 19.1 Å². The van der Waals surface area contributed by atoms with Gasteiger partial charge >= 0.3 is 7.82 Å². The minimum Gasteiger partial charge on any atom is -0.387 e. The molecule has 12 heteroatoms. The van der Waals surface area contributed by atoms with E-state index in [1.54, 1.807) is 0 Å². The van der Waals surface area contributed by atoms with Crippen LogP contribution in [0.15, 0.2) is 18.9 Å². The van der Waals surface area contributed by atoms with E-state index in [1.807, 2.05) is 0 Å². The van der Waals surface area contributed by atoms with E-state index < -0.39 is 39.0 Å². The number of nitrogens with zero attached hydrogens (tertiary/aromatic N) is 4. The normalized spacial score (nSPS) is 29.3. The Bertz CT molecular complexity index is 718. The van der Waals surface area contributed by atoms with Gasteiger partial charge in [0, 0.05) is 0 Å². The van der Waals surface area contributed by atoms with Crippen molar-refractivity contribution in [1.29, 1.82) is 0 Å². The summed E-state index contributed by atoms with van der Waals surface area (Å²) < 4.78 is 21.9. The maximum absolute atomic E-state index is 10.7. The lowest BCUT2D eigenvalue weighted by Gasteiger charge is -2.16. The van der Waals surface area contributed by atoms with E-state index in [0.29, 0.717) is 11.2 Å². The Labute approximate surface area is 123 Å². The number of hydrogen-bond donors (Lipinski definition) is 4. The molecule has 0 spiro atoms. The number of aromatic nitrogens is 4. The number of imidazole rings is 1. The van der Waals surface area contributed by atoms with E-state index >= 15 is 0 Å². The molecule has 11 nitrogen and oxygen atoms in total. The Balaban J connectivity index is 1.82. The van der Waals surface area contributed by atoms with E-state index in [-0.39, 0.29) is 0 Å². The molecule has 2 aromatic heterocycles. The zero-order valence-electron chi connectivity index (χ0n) is 11.0. The number of phosphoric acid groups is 1. The van der Waals surface area contributed by atoms with Gasteiger partial charge in [0.1, 0.15) is 30.2 Å². The standard InChI is InChI=1S/C10H13N4O7P/c15-7-6(2-20-22(17,18)19)21-10(8(7)16)14-4-13-9-5(14)1-11-3-12-9/h1,3-4,6-8,10,15-16H,2H2,(H2,17,18,19)/t6-,7-,8-,10+/m1/s1. The molecule has 3 rings (SSSR count). The van der Waals surface area contributed by atoms with Crippen LogP contribution in [-0.4, -0.2) is 64.4 Å². The second-order valence-electron chi connectivity index (χ2n) is 4.72. The monoisotopic (exact) mass is 332 g/mol. The Morgan fingerprint density at radius 2 is 2.09 bits per heavy atom. The summed E-state index contributed by atoms with van der Waals surface area (Å²) in [5, 5.41) is 20.0. The second-order valence-corrected chi connectivity index (χ2v) is 5.96. The summed E-state index contributed by atoms with van der Waals surface area (Å²) in [5.41, 5.74) is 0.866. The van der Waals surface area contributed by atoms with Gasteiger partial charge in [0.15, 0.2) is 11.9 Å². The summed E-state index contributed by atoms with van der Waals surface area (Å²) in [6, 6.07) is 0. The summed E-state index contributed by atoms with van der Waals surface area (Å²) >= 11 is 0. The molecule has 0 aliphatic carbocycles. The fourth-order valence-electron chi connectivity index (χ4n) is 2.25. The molecule has 0 aromatic carbocycles. The number of phosphoric ester groups is 1. The third kappa shape index (κ3) is 2.88. The molecule has 2 aromatic rings. The molecule has 1 aliphatic rings. The molecule has 4 N–H and O–H groups in total. The molecule has 0 saturated carbocycles. The van der Waals surface area contributed by atoms with Crippen molar-refractivity contribution in [3.8, 4) is 0 Å². The van der Waals surface area contributed by atoms with E-state index in [9.17, 15) is 14.8 Å². The van der Waals surface area contributed by atoms with Crippen LogP contribution in [0, 0.1) is 0 Å². The van der Waals surface area contributed by atoms with Gasteiger partial charge in [-0.05, 0) is 0 Å². The Morgan fingerprint density at radius 1 is 1.32 bits per heavy atom. The van der Waals surface area contributed by atoms with Crippen molar-refractivity contribution in [3.05, 3.63) is 18.9 Å². The number of aliphatic hydroxyl groups is 2. The Kier molecular flexibility index (Phi) is 3.95. The fraction of sp³-hybridized carbons (Fsp3) is 0.500. The van der Waals surface area contributed by atoms with Gasteiger partial charge in [0.25, 0.3) is 0 Å². The average Bonchev–Trinajstić information content (AvgIpc) is 3.00. The van der Waals surface area contributed by atoms with Crippen molar-refractivity contribution in [1.82, 2.24) is 19.5 Å². The zero-order chi connectivity index (χ0) is 15.9. The molecular formula is C10H13N4O7P. The molecule has 0 bridgehead atoms. The quantitative estimate of drug-likeness (QED) is 0.488. The Hall–Kier alpha value is -1.46. The number of rotatable bonds is 4. The molecule has 22 heavy (non-hydrogen) atoms.